The van der Waals surface area contributed by atoms with Gasteiger partial charge in [0.1, 0.15) is 0 Å². The summed E-state index contributed by atoms with van der Waals surface area (Å²) in [5, 5.41) is 0.238. The Balaban J connectivity index is 1.92. The fraction of sp³-hybridized carbons (Fsp3) is 0.600. The second-order valence-corrected chi connectivity index (χ2v) is 6.66. The van der Waals surface area contributed by atoms with Gasteiger partial charge in [0.05, 0.1) is 9.16 Å². The molecular formula is C10H12BrClS. The van der Waals surface area contributed by atoms with Crippen molar-refractivity contribution in [1.82, 2.24) is 0 Å². The van der Waals surface area contributed by atoms with Crippen LogP contribution in [0.25, 0.3) is 0 Å². The average Bonchev–Trinajstić information content (AvgIpc) is 2.44. The van der Waals surface area contributed by atoms with Crippen LogP contribution in [0.5, 0.6) is 0 Å². The Morgan fingerprint density at radius 1 is 1.54 bits per heavy atom. The SMILES string of the molecule is ClC(CC1CCC1)c1ccc(Br)s1. The molecule has 0 saturated heterocycles. The van der Waals surface area contributed by atoms with Crippen molar-refractivity contribution >= 4 is 38.9 Å². The standard InChI is InChI=1S/C10H12BrClS/c11-10-5-4-9(13-10)8(12)6-7-2-1-3-7/h4-5,7-8H,1-3,6H2. The maximum Gasteiger partial charge on any atom is 0.0701 e. The minimum absolute atomic E-state index is 0.238. The maximum atomic E-state index is 6.32. The Hall–Kier alpha value is 0.470. The summed E-state index contributed by atoms with van der Waals surface area (Å²) in [5.41, 5.74) is 0. The largest absolute Gasteiger partial charge is 0.132 e. The molecule has 1 fully saturated rings. The van der Waals surface area contributed by atoms with Gasteiger partial charge < -0.3 is 0 Å². The molecule has 1 saturated carbocycles. The Bertz CT molecular complexity index is 280. The Kier molecular flexibility index (Phi) is 3.33. The van der Waals surface area contributed by atoms with Crippen LogP contribution in [0, 0.1) is 5.92 Å². The molecule has 1 heterocycles. The van der Waals surface area contributed by atoms with E-state index >= 15 is 0 Å². The van der Waals surface area contributed by atoms with E-state index in [1.807, 2.05) is 0 Å². The van der Waals surface area contributed by atoms with E-state index in [2.05, 4.69) is 28.1 Å². The zero-order valence-electron chi connectivity index (χ0n) is 7.30. The predicted molar refractivity (Wildman–Crippen MR) is 62.6 cm³/mol. The van der Waals surface area contributed by atoms with E-state index in [4.69, 9.17) is 11.6 Å². The molecule has 72 valence electrons. The van der Waals surface area contributed by atoms with E-state index in [-0.39, 0.29) is 5.38 Å². The molecule has 0 N–H and O–H groups in total. The van der Waals surface area contributed by atoms with Gasteiger partial charge in [-0.15, -0.1) is 22.9 Å². The molecular weight excluding hydrogens is 268 g/mol. The molecule has 0 radical (unpaired) electrons. The lowest BCUT2D eigenvalue weighted by molar-refractivity contribution is 0.294. The van der Waals surface area contributed by atoms with Crippen molar-refractivity contribution in [3.05, 3.63) is 20.8 Å². The third-order valence-corrected chi connectivity index (χ3v) is 4.95. The van der Waals surface area contributed by atoms with Crippen molar-refractivity contribution in [1.29, 1.82) is 0 Å². The van der Waals surface area contributed by atoms with Gasteiger partial charge in [0.15, 0.2) is 0 Å². The van der Waals surface area contributed by atoms with Gasteiger partial charge in [-0.05, 0) is 40.4 Å². The van der Waals surface area contributed by atoms with Crippen molar-refractivity contribution in [3.63, 3.8) is 0 Å². The monoisotopic (exact) mass is 278 g/mol. The van der Waals surface area contributed by atoms with E-state index in [1.165, 1.54) is 27.9 Å². The second kappa shape index (κ2) is 4.33. The van der Waals surface area contributed by atoms with Crippen LogP contribution in [-0.2, 0) is 0 Å². The normalized spacial score (nSPS) is 19.8. The van der Waals surface area contributed by atoms with E-state index in [0.29, 0.717) is 0 Å². The number of alkyl halides is 1. The molecule has 3 heteroatoms. The summed E-state index contributed by atoms with van der Waals surface area (Å²) in [4.78, 5) is 1.31. The van der Waals surface area contributed by atoms with Gasteiger partial charge in [0, 0.05) is 4.88 Å². The number of thiophene rings is 1. The minimum Gasteiger partial charge on any atom is -0.132 e. The molecule has 0 aromatic carbocycles. The van der Waals surface area contributed by atoms with Crippen LogP contribution in [0.2, 0.25) is 0 Å². The highest BCUT2D eigenvalue weighted by atomic mass is 79.9. The molecule has 0 bridgehead atoms. The first-order valence-electron chi connectivity index (χ1n) is 4.65. The van der Waals surface area contributed by atoms with Crippen molar-refractivity contribution in [2.75, 3.05) is 0 Å². The summed E-state index contributed by atoms with van der Waals surface area (Å²) in [6, 6.07) is 4.21. The quantitative estimate of drug-likeness (QED) is 0.685. The van der Waals surface area contributed by atoms with Gasteiger partial charge in [0.25, 0.3) is 0 Å². The molecule has 0 spiro atoms. The van der Waals surface area contributed by atoms with Gasteiger partial charge in [0.2, 0.25) is 0 Å². The highest BCUT2D eigenvalue weighted by Gasteiger charge is 2.22. The lowest BCUT2D eigenvalue weighted by Gasteiger charge is -2.26. The van der Waals surface area contributed by atoms with Crippen LogP contribution in [0.3, 0.4) is 0 Å². The van der Waals surface area contributed by atoms with Gasteiger partial charge in [-0.25, -0.2) is 0 Å². The number of halogens is 2. The van der Waals surface area contributed by atoms with Crippen molar-refractivity contribution < 1.29 is 0 Å². The van der Waals surface area contributed by atoms with E-state index < -0.39 is 0 Å². The first-order valence-corrected chi connectivity index (χ1v) is 6.69. The smallest absolute Gasteiger partial charge is 0.0701 e. The first kappa shape index (κ1) is 10.0. The summed E-state index contributed by atoms with van der Waals surface area (Å²) in [7, 11) is 0. The number of rotatable bonds is 3. The third kappa shape index (κ3) is 2.48. The van der Waals surface area contributed by atoms with Gasteiger partial charge in [-0.1, -0.05) is 19.3 Å². The van der Waals surface area contributed by atoms with Crippen LogP contribution < -0.4 is 0 Å². The molecule has 13 heavy (non-hydrogen) atoms. The minimum atomic E-state index is 0.238. The van der Waals surface area contributed by atoms with Gasteiger partial charge >= 0.3 is 0 Å². The first-order chi connectivity index (χ1) is 6.25. The Morgan fingerprint density at radius 2 is 2.31 bits per heavy atom. The molecule has 0 amide bonds. The molecule has 0 aliphatic heterocycles. The predicted octanol–water partition coefficient (Wildman–Crippen LogP) is 4.98. The lowest BCUT2D eigenvalue weighted by atomic mass is 9.82. The molecule has 1 aliphatic carbocycles. The van der Waals surface area contributed by atoms with Crippen LogP contribution >= 0.6 is 38.9 Å². The molecule has 2 rings (SSSR count). The summed E-state index contributed by atoms with van der Waals surface area (Å²) in [6.45, 7) is 0. The van der Waals surface area contributed by atoms with E-state index in [1.54, 1.807) is 11.3 Å². The Labute approximate surface area is 96.4 Å². The average molecular weight is 280 g/mol. The summed E-state index contributed by atoms with van der Waals surface area (Å²) in [5.74, 6) is 0.892. The molecule has 1 aromatic heterocycles. The number of hydrogen-bond donors (Lipinski definition) is 0. The van der Waals surface area contributed by atoms with Crippen molar-refractivity contribution in [2.24, 2.45) is 5.92 Å². The highest BCUT2D eigenvalue weighted by Crippen LogP contribution is 2.40. The fourth-order valence-corrected chi connectivity index (χ4v) is 3.51. The molecule has 1 atom stereocenters. The van der Waals surface area contributed by atoms with Gasteiger partial charge in [-0.2, -0.15) is 0 Å². The molecule has 1 aromatic rings. The molecule has 0 nitrogen and oxygen atoms in total. The highest BCUT2D eigenvalue weighted by molar-refractivity contribution is 9.11. The van der Waals surface area contributed by atoms with Gasteiger partial charge in [-0.3, -0.25) is 0 Å². The van der Waals surface area contributed by atoms with Crippen LogP contribution in [0.4, 0.5) is 0 Å². The van der Waals surface area contributed by atoms with E-state index in [9.17, 15) is 0 Å². The van der Waals surface area contributed by atoms with Crippen LogP contribution in [0.15, 0.2) is 15.9 Å². The summed E-state index contributed by atoms with van der Waals surface area (Å²) in [6.07, 6.45) is 5.34. The Morgan fingerprint density at radius 3 is 2.77 bits per heavy atom. The third-order valence-electron chi connectivity index (χ3n) is 2.67. The fourth-order valence-electron chi connectivity index (χ4n) is 1.63. The number of hydrogen-bond acceptors (Lipinski definition) is 1. The van der Waals surface area contributed by atoms with Crippen molar-refractivity contribution in [3.8, 4) is 0 Å². The molecule has 1 unspecified atom stereocenters. The zero-order chi connectivity index (χ0) is 9.26. The molecule has 1 aliphatic rings. The maximum absolute atomic E-state index is 6.32. The summed E-state index contributed by atoms with van der Waals surface area (Å²) < 4.78 is 1.18. The zero-order valence-corrected chi connectivity index (χ0v) is 10.5. The second-order valence-electron chi connectivity index (χ2n) is 3.64. The van der Waals surface area contributed by atoms with Crippen LogP contribution in [0.1, 0.15) is 35.9 Å². The topological polar surface area (TPSA) is 0 Å². The van der Waals surface area contributed by atoms with Crippen molar-refractivity contribution in [2.45, 2.75) is 31.1 Å². The van der Waals surface area contributed by atoms with E-state index in [0.717, 1.165) is 12.3 Å². The lowest BCUT2D eigenvalue weighted by Crippen LogP contribution is -2.12. The van der Waals surface area contributed by atoms with Crippen LogP contribution in [-0.4, -0.2) is 0 Å². The summed E-state index contributed by atoms with van der Waals surface area (Å²) >= 11 is 11.5.